The smallest absolute Gasteiger partial charge is 0.242 e. The molecule has 0 spiro atoms. The van der Waals surface area contributed by atoms with Crippen molar-refractivity contribution in [1.29, 1.82) is 0 Å². The number of amides is 2. The number of pyridine rings is 1. The van der Waals surface area contributed by atoms with Gasteiger partial charge >= 0.3 is 0 Å². The lowest BCUT2D eigenvalue weighted by Crippen LogP contribution is -2.39. The Hall–Kier alpha value is -2.48. The van der Waals surface area contributed by atoms with E-state index in [1.54, 1.807) is 19.2 Å². The molecular formula is C20H24ClN5O2. The Bertz CT molecular complexity index is 839. The van der Waals surface area contributed by atoms with Gasteiger partial charge in [-0.05, 0) is 48.6 Å². The minimum atomic E-state index is -0.604. The maximum absolute atomic E-state index is 12.0. The minimum Gasteiger partial charge on any atom is -0.368 e. The fourth-order valence-corrected chi connectivity index (χ4v) is 3.54. The molecule has 1 aliphatic heterocycles. The van der Waals surface area contributed by atoms with E-state index in [1.807, 2.05) is 30.3 Å². The Labute approximate surface area is 169 Å². The Morgan fingerprint density at radius 1 is 1.29 bits per heavy atom. The van der Waals surface area contributed by atoms with Crippen LogP contribution in [-0.4, -0.2) is 40.3 Å². The number of likely N-dealkylation sites (tertiary alicyclic amines) is 1. The summed E-state index contributed by atoms with van der Waals surface area (Å²) in [7, 11) is 0. The van der Waals surface area contributed by atoms with Crippen molar-refractivity contribution in [3.63, 3.8) is 0 Å². The molecule has 2 amide bonds. The lowest BCUT2D eigenvalue weighted by Gasteiger charge is -2.21. The predicted molar refractivity (Wildman–Crippen MR) is 109 cm³/mol. The van der Waals surface area contributed by atoms with Crippen molar-refractivity contribution in [3.05, 3.63) is 58.7 Å². The highest BCUT2D eigenvalue weighted by molar-refractivity contribution is 6.30. The molecule has 3 rings (SSSR count). The number of halogens is 1. The molecule has 1 aromatic heterocycles. The molecule has 7 nitrogen and oxygen atoms in total. The lowest BCUT2D eigenvalue weighted by molar-refractivity contribution is -0.122. The Morgan fingerprint density at radius 3 is 2.57 bits per heavy atom. The van der Waals surface area contributed by atoms with Crippen molar-refractivity contribution in [3.8, 4) is 0 Å². The molecule has 1 aliphatic rings. The Kier molecular flexibility index (Phi) is 6.28. The number of nitrogens with zero attached hydrogens (tertiary/aromatic N) is 2. The van der Waals surface area contributed by atoms with Crippen molar-refractivity contribution in [2.45, 2.75) is 37.9 Å². The van der Waals surface area contributed by atoms with Crippen LogP contribution < -0.4 is 16.8 Å². The summed E-state index contributed by atoms with van der Waals surface area (Å²) in [6.07, 6.45) is 2.36. The summed E-state index contributed by atoms with van der Waals surface area (Å²) in [5, 5.41) is 3.34. The molecule has 0 bridgehead atoms. The van der Waals surface area contributed by atoms with Crippen LogP contribution in [-0.2, 0) is 16.1 Å². The summed E-state index contributed by atoms with van der Waals surface area (Å²) < 4.78 is 0. The second-order valence-corrected chi connectivity index (χ2v) is 7.60. The molecule has 28 heavy (non-hydrogen) atoms. The Balaban J connectivity index is 1.68. The largest absolute Gasteiger partial charge is 0.368 e. The molecule has 1 aromatic carbocycles. The van der Waals surface area contributed by atoms with Gasteiger partial charge in [0.15, 0.2) is 0 Å². The molecule has 1 saturated heterocycles. The SMILES string of the molecule is C[C@H](N)C(=O)Nc1ccc(CN2CC(c3ccc(Cl)cc3)C[C@H]2C(N)=O)cn1. The second kappa shape index (κ2) is 8.68. The zero-order valence-corrected chi connectivity index (χ0v) is 16.4. The highest BCUT2D eigenvalue weighted by Gasteiger charge is 2.36. The number of aromatic nitrogens is 1. The monoisotopic (exact) mass is 401 g/mol. The average Bonchev–Trinajstić information content (AvgIpc) is 3.08. The molecular weight excluding hydrogens is 378 g/mol. The number of carbonyl (C=O) groups excluding carboxylic acids is 2. The van der Waals surface area contributed by atoms with Crippen LogP contribution in [0, 0.1) is 0 Å². The third kappa shape index (κ3) is 4.86. The van der Waals surface area contributed by atoms with Crippen LogP contribution >= 0.6 is 11.6 Å². The third-order valence-electron chi connectivity index (χ3n) is 4.95. The zero-order chi connectivity index (χ0) is 20.3. The predicted octanol–water partition coefficient (Wildman–Crippen LogP) is 1.86. The number of hydrogen-bond acceptors (Lipinski definition) is 5. The molecule has 2 aromatic rings. The van der Waals surface area contributed by atoms with Crippen molar-refractivity contribution < 1.29 is 9.59 Å². The van der Waals surface area contributed by atoms with E-state index in [0.717, 1.165) is 17.7 Å². The van der Waals surface area contributed by atoms with Gasteiger partial charge in [0.1, 0.15) is 5.82 Å². The topological polar surface area (TPSA) is 114 Å². The van der Waals surface area contributed by atoms with E-state index in [4.69, 9.17) is 23.1 Å². The van der Waals surface area contributed by atoms with Gasteiger partial charge in [0.25, 0.3) is 0 Å². The quantitative estimate of drug-likeness (QED) is 0.683. The summed E-state index contributed by atoms with van der Waals surface area (Å²) in [6.45, 7) is 2.88. The van der Waals surface area contributed by atoms with Gasteiger partial charge in [-0.3, -0.25) is 14.5 Å². The summed E-state index contributed by atoms with van der Waals surface area (Å²) in [6, 6.07) is 10.4. The number of nitrogens with one attached hydrogen (secondary N) is 1. The maximum Gasteiger partial charge on any atom is 0.242 e. The van der Waals surface area contributed by atoms with Gasteiger partial charge in [-0.1, -0.05) is 29.8 Å². The van der Waals surface area contributed by atoms with Crippen LogP contribution in [0.1, 0.15) is 30.4 Å². The molecule has 5 N–H and O–H groups in total. The van der Waals surface area contributed by atoms with Crippen LogP contribution in [0.3, 0.4) is 0 Å². The van der Waals surface area contributed by atoms with Crippen molar-refractivity contribution in [1.82, 2.24) is 9.88 Å². The highest BCUT2D eigenvalue weighted by Crippen LogP contribution is 2.33. The molecule has 1 fully saturated rings. The van der Waals surface area contributed by atoms with Crippen molar-refractivity contribution in [2.75, 3.05) is 11.9 Å². The van der Waals surface area contributed by atoms with Gasteiger partial charge < -0.3 is 16.8 Å². The minimum absolute atomic E-state index is 0.215. The fraction of sp³-hybridized carbons (Fsp3) is 0.350. The van der Waals surface area contributed by atoms with E-state index < -0.39 is 6.04 Å². The van der Waals surface area contributed by atoms with E-state index >= 15 is 0 Å². The molecule has 0 aliphatic carbocycles. The lowest BCUT2D eigenvalue weighted by atomic mass is 9.96. The number of benzene rings is 1. The fourth-order valence-electron chi connectivity index (χ4n) is 3.42. The van der Waals surface area contributed by atoms with E-state index in [2.05, 4.69) is 15.2 Å². The number of nitrogens with two attached hydrogens (primary N) is 2. The molecule has 148 valence electrons. The van der Waals surface area contributed by atoms with E-state index in [9.17, 15) is 9.59 Å². The first-order valence-electron chi connectivity index (χ1n) is 9.13. The van der Waals surface area contributed by atoms with Crippen LogP contribution in [0.25, 0.3) is 0 Å². The first kappa shape index (κ1) is 20.3. The number of hydrogen-bond donors (Lipinski definition) is 3. The standard InChI is InChI=1S/C20H24ClN5O2/c1-12(22)20(28)25-18-7-2-13(9-24-18)10-26-11-15(8-17(26)19(23)27)14-3-5-16(21)6-4-14/h2-7,9,12,15,17H,8,10-11,22H2,1H3,(H2,23,27)(H,24,25,28)/t12-,15?,17-/m0/s1. The molecule has 1 unspecified atom stereocenters. The van der Waals surface area contributed by atoms with Crippen LogP contribution in [0.15, 0.2) is 42.6 Å². The zero-order valence-electron chi connectivity index (χ0n) is 15.6. The molecule has 8 heteroatoms. The summed E-state index contributed by atoms with van der Waals surface area (Å²) >= 11 is 5.97. The first-order valence-corrected chi connectivity index (χ1v) is 9.51. The molecule has 2 heterocycles. The average molecular weight is 402 g/mol. The van der Waals surface area contributed by atoms with Gasteiger partial charge in [0.2, 0.25) is 11.8 Å². The maximum atomic E-state index is 12.0. The number of anilines is 1. The number of primary amides is 1. The van der Waals surface area contributed by atoms with E-state index in [1.165, 1.54) is 0 Å². The summed E-state index contributed by atoms with van der Waals surface area (Å²) in [5.41, 5.74) is 13.3. The van der Waals surface area contributed by atoms with Gasteiger partial charge in [-0.2, -0.15) is 0 Å². The van der Waals surface area contributed by atoms with Crippen molar-refractivity contribution in [2.24, 2.45) is 11.5 Å². The second-order valence-electron chi connectivity index (χ2n) is 7.16. The van der Waals surface area contributed by atoms with Crippen LogP contribution in [0.4, 0.5) is 5.82 Å². The summed E-state index contributed by atoms with van der Waals surface area (Å²) in [5.74, 6) is 0.0370. The molecule has 0 radical (unpaired) electrons. The van der Waals surface area contributed by atoms with E-state index in [0.29, 0.717) is 23.8 Å². The summed E-state index contributed by atoms with van der Waals surface area (Å²) in [4.78, 5) is 29.9. The normalized spacial score (nSPS) is 20.7. The highest BCUT2D eigenvalue weighted by atomic mass is 35.5. The van der Waals surface area contributed by atoms with Crippen LogP contribution in [0.2, 0.25) is 5.02 Å². The van der Waals surface area contributed by atoms with Crippen molar-refractivity contribution >= 4 is 29.2 Å². The molecule has 3 atom stereocenters. The van der Waals surface area contributed by atoms with Gasteiger partial charge in [0, 0.05) is 24.3 Å². The van der Waals surface area contributed by atoms with Gasteiger partial charge in [-0.25, -0.2) is 4.98 Å². The van der Waals surface area contributed by atoms with E-state index in [-0.39, 0.29) is 23.8 Å². The Morgan fingerprint density at radius 2 is 2.00 bits per heavy atom. The number of carbonyl (C=O) groups is 2. The van der Waals surface area contributed by atoms with Gasteiger partial charge in [-0.15, -0.1) is 0 Å². The van der Waals surface area contributed by atoms with Gasteiger partial charge in [0.05, 0.1) is 12.1 Å². The van der Waals surface area contributed by atoms with Crippen LogP contribution in [0.5, 0.6) is 0 Å². The third-order valence-corrected chi connectivity index (χ3v) is 5.20. The first-order chi connectivity index (χ1) is 13.3. The number of rotatable bonds is 6. The molecule has 0 saturated carbocycles.